The molecule has 0 nitrogen and oxygen atoms in total. The fraction of sp³-hybridized carbons (Fsp3) is 0.375. The van der Waals surface area contributed by atoms with E-state index in [0.717, 1.165) is 0 Å². The molecule has 0 aromatic rings. The van der Waals surface area contributed by atoms with Crippen molar-refractivity contribution in [2.24, 2.45) is 10.8 Å². The van der Waals surface area contributed by atoms with Gasteiger partial charge in [-0.2, -0.15) is 0 Å². The molecule has 0 aromatic heterocycles. The van der Waals surface area contributed by atoms with Crippen LogP contribution < -0.4 is 0 Å². The van der Waals surface area contributed by atoms with Gasteiger partial charge < -0.3 is 0 Å². The highest BCUT2D eigenvalue weighted by Crippen LogP contribution is 2.62. The summed E-state index contributed by atoms with van der Waals surface area (Å²) in [5, 5.41) is 0. The van der Waals surface area contributed by atoms with Gasteiger partial charge >= 0.3 is 0 Å². The van der Waals surface area contributed by atoms with Gasteiger partial charge in [0.15, 0.2) is 0 Å². The number of fused-ring (bicyclic) bond motifs is 1. The average Bonchev–Trinajstić information content (AvgIpc) is 2.62. The van der Waals surface area contributed by atoms with E-state index in [2.05, 4.69) is 71.7 Å². The van der Waals surface area contributed by atoms with Gasteiger partial charge in [-0.1, -0.05) is 50.3 Å². The first-order chi connectivity index (χ1) is 7.45. The maximum Gasteiger partial charge on any atom is 0.0290 e. The fourth-order valence-corrected chi connectivity index (χ4v) is 2.92. The number of rotatable bonds is 0. The van der Waals surface area contributed by atoms with Crippen LogP contribution in [0.5, 0.6) is 0 Å². The predicted molar refractivity (Wildman–Crippen MR) is 73.3 cm³/mol. The van der Waals surface area contributed by atoms with Crippen LogP contribution in [-0.4, -0.2) is 0 Å². The molecular weight excluding hydrogens is 192 g/mol. The highest BCUT2D eigenvalue weighted by atomic mass is 14.5. The molecule has 0 N–H and O–H groups in total. The fourth-order valence-electron chi connectivity index (χ4n) is 2.92. The van der Waals surface area contributed by atoms with Gasteiger partial charge in [-0.15, -0.1) is 13.2 Å². The van der Waals surface area contributed by atoms with Crippen LogP contribution in [0.2, 0.25) is 0 Å². The van der Waals surface area contributed by atoms with Gasteiger partial charge in [-0.05, 0) is 25.0 Å². The first-order valence-electron chi connectivity index (χ1n) is 5.71. The lowest BCUT2D eigenvalue weighted by atomic mass is 9.66. The molecule has 0 saturated carbocycles. The Balaban J connectivity index is 0.000000606. The summed E-state index contributed by atoms with van der Waals surface area (Å²) in [6.07, 6.45) is 9.11. The molecule has 16 heavy (non-hydrogen) atoms. The Kier molecular flexibility index (Phi) is 3.14. The molecule has 86 valence electrons. The van der Waals surface area contributed by atoms with Crippen LogP contribution in [0.3, 0.4) is 0 Å². The van der Waals surface area contributed by atoms with Crippen molar-refractivity contribution in [3.63, 3.8) is 0 Å². The molecule has 0 amide bonds. The van der Waals surface area contributed by atoms with E-state index in [1.807, 2.05) is 0 Å². The van der Waals surface area contributed by atoms with Crippen molar-refractivity contribution in [2.75, 3.05) is 0 Å². The van der Waals surface area contributed by atoms with Gasteiger partial charge in [0.2, 0.25) is 0 Å². The van der Waals surface area contributed by atoms with Crippen LogP contribution in [-0.2, 0) is 0 Å². The van der Waals surface area contributed by atoms with Gasteiger partial charge in [0.1, 0.15) is 0 Å². The highest BCUT2D eigenvalue weighted by Gasteiger charge is 2.52. The van der Waals surface area contributed by atoms with Gasteiger partial charge in [0.05, 0.1) is 0 Å². The second-order valence-electron chi connectivity index (χ2n) is 4.79. The van der Waals surface area contributed by atoms with E-state index < -0.39 is 0 Å². The Morgan fingerprint density at radius 3 is 2.31 bits per heavy atom. The van der Waals surface area contributed by atoms with Crippen LogP contribution >= 0.6 is 0 Å². The van der Waals surface area contributed by atoms with E-state index in [-0.39, 0.29) is 10.8 Å². The van der Waals surface area contributed by atoms with E-state index >= 15 is 0 Å². The Bertz CT molecular complexity index is 406. The number of hydrogen-bond donors (Lipinski definition) is 0. The first-order valence-corrected chi connectivity index (χ1v) is 5.71. The Morgan fingerprint density at radius 1 is 1.25 bits per heavy atom. The lowest BCUT2D eigenvalue weighted by Gasteiger charge is -2.36. The van der Waals surface area contributed by atoms with Crippen LogP contribution in [0.4, 0.5) is 0 Å². The SMILES string of the molecule is C=C.C=C1C(C)=CC2(C)C=C/C(=C/C)C12C. The van der Waals surface area contributed by atoms with Crippen molar-refractivity contribution in [1.29, 1.82) is 0 Å². The van der Waals surface area contributed by atoms with E-state index in [4.69, 9.17) is 0 Å². The van der Waals surface area contributed by atoms with Crippen molar-refractivity contribution < 1.29 is 0 Å². The summed E-state index contributed by atoms with van der Waals surface area (Å²) in [7, 11) is 0. The number of hydrogen-bond acceptors (Lipinski definition) is 0. The molecule has 0 heteroatoms. The Labute approximate surface area is 99.8 Å². The molecule has 2 rings (SSSR count). The zero-order valence-corrected chi connectivity index (χ0v) is 10.9. The largest absolute Gasteiger partial charge is 0.106 e. The van der Waals surface area contributed by atoms with Crippen LogP contribution in [0.1, 0.15) is 27.7 Å². The molecule has 0 saturated heterocycles. The summed E-state index contributed by atoms with van der Waals surface area (Å²) in [6, 6.07) is 0. The summed E-state index contributed by atoms with van der Waals surface area (Å²) in [5.74, 6) is 0. The van der Waals surface area contributed by atoms with Crippen molar-refractivity contribution in [3.05, 3.63) is 60.8 Å². The minimum absolute atomic E-state index is 0.103. The smallest absolute Gasteiger partial charge is 0.0290 e. The van der Waals surface area contributed by atoms with Gasteiger partial charge in [0, 0.05) is 10.8 Å². The third kappa shape index (κ3) is 1.29. The van der Waals surface area contributed by atoms with E-state index in [1.54, 1.807) is 0 Å². The van der Waals surface area contributed by atoms with Gasteiger partial charge in [0.25, 0.3) is 0 Å². The monoisotopic (exact) mass is 214 g/mol. The Morgan fingerprint density at radius 2 is 1.81 bits per heavy atom. The molecule has 2 aliphatic carbocycles. The lowest BCUT2D eigenvalue weighted by Crippen LogP contribution is -2.29. The number of allylic oxidation sites excluding steroid dienone is 7. The van der Waals surface area contributed by atoms with Crippen molar-refractivity contribution in [2.45, 2.75) is 27.7 Å². The zero-order chi connectivity index (χ0) is 12.6. The summed E-state index contributed by atoms with van der Waals surface area (Å²) >= 11 is 0. The normalized spacial score (nSPS) is 38.1. The third-order valence-electron chi connectivity index (χ3n) is 4.17. The van der Waals surface area contributed by atoms with E-state index in [1.165, 1.54) is 16.7 Å². The summed E-state index contributed by atoms with van der Waals surface area (Å²) in [5.41, 5.74) is 4.27. The Hall–Kier alpha value is -1.30. The van der Waals surface area contributed by atoms with Crippen molar-refractivity contribution in [3.8, 4) is 0 Å². The van der Waals surface area contributed by atoms with Gasteiger partial charge in [-0.3, -0.25) is 0 Å². The molecule has 2 aliphatic rings. The third-order valence-corrected chi connectivity index (χ3v) is 4.17. The summed E-state index contributed by atoms with van der Waals surface area (Å²) in [6.45, 7) is 19.1. The topological polar surface area (TPSA) is 0 Å². The van der Waals surface area contributed by atoms with Crippen LogP contribution in [0, 0.1) is 10.8 Å². The maximum atomic E-state index is 4.24. The minimum Gasteiger partial charge on any atom is -0.106 e. The maximum absolute atomic E-state index is 4.24. The van der Waals surface area contributed by atoms with E-state index in [0.29, 0.717) is 0 Å². The summed E-state index contributed by atoms with van der Waals surface area (Å²) < 4.78 is 0. The molecule has 0 aromatic carbocycles. The second kappa shape index (κ2) is 3.93. The quantitative estimate of drug-likeness (QED) is 0.506. The summed E-state index contributed by atoms with van der Waals surface area (Å²) in [4.78, 5) is 0. The predicted octanol–water partition coefficient (Wildman–Crippen LogP) is 4.83. The zero-order valence-electron chi connectivity index (χ0n) is 10.9. The van der Waals surface area contributed by atoms with E-state index in [9.17, 15) is 0 Å². The lowest BCUT2D eigenvalue weighted by molar-refractivity contribution is 0.325. The van der Waals surface area contributed by atoms with Gasteiger partial charge in [-0.25, -0.2) is 0 Å². The van der Waals surface area contributed by atoms with Crippen LogP contribution in [0.15, 0.2) is 60.8 Å². The molecule has 2 unspecified atom stereocenters. The average molecular weight is 214 g/mol. The minimum atomic E-state index is 0.103. The first kappa shape index (κ1) is 12.8. The van der Waals surface area contributed by atoms with Crippen molar-refractivity contribution in [1.82, 2.24) is 0 Å². The molecule has 2 atom stereocenters. The molecule has 0 heterocycles. The molecule has 0 bridgehead atoms. The molecule has 0 spiro atoms. The molecule has 0 aliphatic heterocycles. The highest BCUT2D eigenvalue weighted by molar-refractivity contribution is 5.58. The van der Waals surface area contributed by atoms with Crippen molar-refractivity contribution >= 4 is 0 Å². The standard InChI is InChI=1S/C14H18.C2H4/c1-6-12-7-8-13(4)9-10(2)11(3)14(12,13)5;1-2/h6-9H,3H2,1-2,4-5H3;1-2H2/b12-6-;. The van der Waals surface area contributed by atoms with Crippen LogP contribution in [0.25, 0.3) is 0 Å². The molecular formula is C16H22. The second-order valence-corrected chi connectivity index (χ2v) is 4.79. The molecule has 0 fully saturated rings. The molecule has 0 radical (unpaired) electrons.